The number of para-hydroxylation sites is 1. The minimum atomic E-state index is -0.302. The molecule has 3 aromatic rings. The number of nitrogens with zero attached hydrogens (tertiary/aromatic N) is 4. The summed E-state index contributed by atoms with van der Waals surface area (Å²) in [5.74, 6) is 0.689. The van der Waals surface area contributed by atoms with Crippen LogP contribution in [0.3, 0.4) is 0 Å². The summed E-state index contributed by atoms with van der Waals surface area (Å²) in [4.78, 5) is 17.7. The lowest BCUT2D eigenvalue weighted by molar-refractivity contribution is 0.172. The second kappa shape index (κ2) is 10.2. The summed E-state index contributed by atoms with van der Waals surface area (Å²) in [6.45, 7) is 7.80. The molecule has 0 aliphatic heterocycles. The molecule has 0 radical (unpaired) electrons. The van der Waals surface area contributed by atoms with Crippen LogP contribution in [0.2, 0.25) is 0 Å². The van der Waals surface area contributed by atoms with Crippen molar-refractivity contribution in [1.29, 1.82) is 0 Å². The van der Waals surface area contributed by atoms with Crippen molar-refractivity contribution < 1.29 is 14.3 Å². The van der Waals surface area contributed by atoms with Crippen LogP contribution in [0.15, 0.2) is 64.0 Å². The molecule has 0 unspecified atom stereocenters. The normalized spacial score (nSPS) is 11.3. The van der Waals surface area contributed by atoms with Gasteiger partial charge in [-0.3, -0.25) is 0 Å². The minimum absolute atomic E-state index is 0.156. The van der Waals surface area contributed by atoms with Gasteiger partial charge in [0, 0.05) is 18.2 Å². The Balaban J connectivity index is 1.80. The van der Waals surface area contributed by atoms with E-state index in [2.05, 4.69) is 16.8 Å². The first-order valence-corrected chi connectivity index (χ1v) is 10.2. The number of benzene rings is 2. The van der Waals surface area contributed by atoms with E-state index >= 15 is 0 Å². The molecule has 3 rings (SSSR count). The van der Waals surface area contributed by atoms with Gasteiger partial charge in [-0.25, -0.2) is 14.0 Å². The molecule has 8 nitrogen and oxygen atoms in total. The Labute approximate surface area is 191 Å². The highest BCUT2D eigenvalue weighted by Gasteiger charge is 2.16. The molecule has 0 saturated carbocycles. The van der Waals surface area contributed by atoms with Crippen LogP contribution in [0, 0.1) is 6.92 Å². The lowest BCUT2D eigenvalue weighted by atomic mass is 10.0. The number of oxime groups is 1. The van der Waals surface area contributed by atoms with Gasteiger partial charge in [0.2, 0.25) is 0 Å². The molecule has 0 spiro atoms. The highest BCUT2D eigenvalue weighted by atomic mass is 35.5. The van der Waals surface area contributed by atoms with Gasteiger partial charge in [0.15, 0.2) is 6.61 Å². The average molecular weight is 457 g/mol. The molecule has 9 heteroatoms. The SMILES string of the molecule is C=C(Cl)CO/N=C(\C)c1ccc(OCc2ccccc2-n2c(OC)nn(C)c2=O)cc1C. The van der Waals surface area contributed by atoms with Gasteiger partial charge < -0.3 is 14.3 Å². The van der Waals surface area contributed by atoms with Crippen LogP contribution in [0.25, 0.3) is 5.69 Å². The molecule has 0 N–H and O–H groups in total. The van der Waals surface area contributed by atoms with Crippen LogP contribution < -0.4 is 15.2 Å². The van der Waals surface area contributed by atoms with Gasteiger partial charge in [-0.1, -0.05) is 41.5 Å². The van der Waals surface area contributed by atoms with Crippen molar-refractivity contribution in [2.75, 3.05) is 13.7 Å². The fourth-order valence-electron chi connectivity index (χ4n) is 3.17. The lowest BCUT2D eigenvalue weighted by Gasteiger charge is -2.13. The predicted molar refractivity (Wildman–Crippen MR) is 124 cm³/mol. The van der Waals surface area contributed by atoms with Gasteiger partial charge in [0.25, 0.3) is 0 Å². The van der Waals surface area contributed by atoms with Crippen molar-refractivity contribution in [1.82, 2.24) is 14.3 Å². The molecule has 0 amide bonds. The third-order valence-corrected chi connectivity index (χ3v) is 4.82. The fraction of sp³-hybridized carbons (Fsp3) is 0.261. The van der Waals surface area contributed by atoms with Gasteiger partial charge >= 0.3 is 11.7 Å². The predicted octanol–water partition coefficient (Wildman–Crippen LogP) is 3.96. The van der Waals surface area contributed by atoms with E-state index in [9.17, 15) is 4.79 Å². The summed E-state index contributed by atoms with van der Waals surface area (Å²) in [7, 11) is 3.05. The standard InChI is InChI=1S/C23H25ClN4O4/c1-15-12-19(10-11-20(15)17(3)26-32-13-16(2)24)31-14-18-8-6-7-9-21(18)28-22(30-5)25-27(4)23(28)29/h6-12H,2,13-14H2,1,3-5H3/b26-17+. The Kier molecular flexibility index (Phi) is 7.37. The van der Waals surface area contributed by atoms with Crippen LogP contribution in [-0.4, -0.2) is 33.8 Å². The highest BCUT2D eigenvalue weighted by molar-refractivity contribution is 6.29. The van der Waals surface area contributed by atoms with Gasteiger partial charge in [-0.05, 0) is 43.7 Å². The van der Waals surface area contributed by atoms with Gasteiger partial charge in [-0.2, -0.15) is 0 Å². The summed E-state index contributed by atoms with van der Waals surface area (Å²) < 4.78 is 13.9. The summed E-state index contributed by atoms with van der Waals surface area (Å²) in [6.07, 6.45) is 0. The van der Waals surface area contributed by atoms with Crippen LogP contribution >= 0.6 is 11.6 Å². The second-order valence-electron chi connectivity index (χ2n) is 7.09. The Bertz CT molecular complexity index is 1210. The third kappa shape index (κ3) is 5.20. The number of hydrogen-bond donors (Lipinski definition) is 0. The molecule has 2 aromatic carbocycles. The highest BCUT2D eigenvalue weighted by Crippen LogP contribution is 2.22. The largest absolute Gasteiger partial charge is 0.489 e. The Morgan fingerprint density at radius 2 is 2.00 bits per heavy atom. The number of rotatable bonds is 9. The average Bonchev–Trinajstić information content (AvgIpc) is 3.05. The smallest absolute Gasteiger partial charge is 0.353 e. The van der Waals surface area contributed by atoms with Crippen molar-refractivity contribution in [3.63, 3.8) is 0 Å². The maximum absolute atomic E-state index is 12.5. The molecule has 1 heterocycles. The zero-order chi connectivity index (χ0) is 23.3. The second-order valence-corrected chi connectivity index (χ2v) is 7.62. The first kappa shape index (κ1) is 23.1. The summed E-state index contributed by atoms with van der Waals surface area (Å²) in [5.41, 5.74) is 3.80. The van der Waals surface area contributed by atoms with Crippen molar-refractivity contribution in [2.45, 2.75) is 20.5 Å². The van der Waals surface area contributed by atoms with E-state index in [1.807, 2.05) is 56.3 Å². The van der Waals surface area contributed by atoms with Gasteiger partial charge in [-0.15, -0.1) is 5.10 Å². The molecule has 0 bridgehead atoms. The molecule has 0 fully saturated rings. The van der Waals surface area contributed by atoms with Crippen molar-refractivity contribution in [3.8, 4) is 17.4 Å². The van der Waals surface area contributed by atoms with Gasteiger partial charge in [0.05, 0.1) is 23.5 Å². The molecule has 0 atom stereocenters. The molecular formula is C23H25ClN4O4. The van der Waals surface area contributed by atoms with E-state index in [0.29, 0.717) is 16.5 Å². The van der Waals surface area contributed by atoms with Crippen LogP contribution in [-0.2, 0) is 18.5 Å². The summed E-state index contributed by atoms with van der Waals surface area (Å²) in [5, 5.41) is 8.56. The number of ether oxygens (including phenoxy) is 2. The van der Waals surface area contributed by atoms with E-state index in [0.717, 1.165) is 22.4 Å². The van der Waals surface area contributed by atoms with Crippen molar-refractivity contribution in [3.05, 3.63) is 81.3 Å². The Hall–Kier alpha value is -3.52. The number of aromatic nitrogens is 3. The molecule has 32 heavy (non-hydrogen) atoms. The molecular weight excluding hydrogens is 432 g/mol. The Morgan fingerprint density at radius 3 is 2.69 bits per heavy atom. The zero-order valence-electron chi connectivity index (χ0n) is 18.5. The Morgan fingerprint density at radius 1 is 1.25 bits per heavy atom. The van der Waals surface area contributed by atoms with Gasteiger partial charge in [0.1, 0.15) is 12.4 Å². The molecule has 1 aromatic heterocycles. The van der Waals surface area contributed by atoms with E-state index < -0.39 is 0 Å². The maximum Gasteiger partial charge on any atom is 0.353 e. The quantitative estimate of drug-likeness (QED) is 0.359. The first-order chi connectivity index (χ1) is 15.3. The molecule has 168 valence electrons. The van der Waals surface area contributed by atoms with Crippen molar-refractivity contribution in [2.24, 2.45) is 12.2 Å². The third-order valence-electron chi connectivity index (χ3n) is 4.71. The van der Waals surface area contributed by atoms with E-state index in [1.54, 1.807) is 7.05 Å². The van der Waals surface area contributed by atoms with Crippen LogP contribution in [0.1, 0.15) is 23.6 Å². The maximum atomic E-state index is 12.5. The van der Waals surface area contributed by atoms with Crippen LogP contribution in [0.5, 0.6) is 11.8 Å². The van der Waals surface area contributed by atoms with Crippen molar-refractivity contribution >= 4 is 17.3 Å². The zero-order valence-corrected chi connectivity index (χ0v) is 19.2. The molecule has 0 aliphatic carbocycles. The summed E-state index contributed by atoms with van der Waals surface area (Å²) >= 11 is 5.69. The minimum Gasteiger partial charge on any atom is -0.489 e. The summed E-state index contributed by atoms with van der Waals surface area (Å²) in [6, 6.07) is 13.4. The lowest BCUT2D eigenvalue weighted by Crippen LogP contribution is -2.22. The molecule has 0 aliphatic rings. The molecule has 0 saturated heterocycles. The van der Waals surface area contributed by atoms with Crippen LogP contribution in [0.4, 0.5) is 0 Å². The number of hydrogen-bond acceptors (Lipinski definition) is 6. The number of halogens is 1. The van der Waals surface area contributed by atoms with E-state index in [-0.39, 0.29) is 24.9 Å². The fourth-order valence-corrected chi connectivity index (χ4v) is 3.22. The monoisotopic (exact) mass is 456 g/mol. The van der Waals surface area contributed by atoms with E-state index in [1.165, 1.54) is 16.4 Å². The first-order valence-electron chi connectivity index (χ1n) is 9.83. The van der Waals surface area contributed by atoms with E-state index in [4.69, 9.17) is 25.9 Å². The topological polar surface area (TPSA) is 79.9 Å². The number of methoxy groups -OCH3 is 1. The number of aryl methyl sites for hydroxylation is 2.